The zero-order valence-electron chi connectivity index (χ0n) is 8.28. The van der Waals surface area contributed by atoms with E-state index in [1.807, 2.05) is 31.2 Å². The average molecular weight is 198 g/mol. The molecule has 4 nitrogen and oxygen atoms in total. The fourth-order valence-corrected chi connectivity index (χ4v) is 1.38. The van der Waals surface area contributed by atoms with Gasteiger partial charge in [0.05, 0.1) is 12.3 Å². The summed E-state index contributed by atoms with van der Waals surface area (Å²) in [4.78, 5) is 3.36. The van der Waals surface area contributed by atoms with Crippen LogP contribution < -0.4 is 5.73 Å². The van der Waals surface area contributed by atoms with Gasteiger partial charge in [0.25, 0.3) is 5.69 Å². The van der Waals surface area contributed by atoms with Crippen LogP contribution in [0.5, 0.6) is 0 Å². The number of aromatic amines is 1. The Labute approximate surface area is 87.6 Å². The molecule has 0 saturated heterocycles. The first-order valence-electron chi connectivity index (χ1n) is 4.50. The summed E-state index contributed by atoms with van der Waals surface area (Å²) in [7, 11) is 0. The predicted molar refractivity (Wildman–Crippen MR) is 59.4 cm³/mol. The number of hydrogen-bond acceptors (Lipinski definition) is 2. The van der Waals surface area contributed by atoms with Gasteiger partial charge in [0, 0.05) is 0 Å². The number of rotatable bonds is 1. The van der Waals surface area contributed by atoms with E-state index in [2.05, 4.69) is 15.0 Å². The minimum atomic E-state index is 0.251. The average Bonchev–Trinajstić information content (AvgIpc) is 2.61. The third-order valence-electron chi connectivity index (χ3n) is 2.22. The number of aryl methyl sites for hydroxylation is 1. The summed E-state index contributed by atoms with van der Waals surface area (Å²) in [5.41, 5.74) is 8.74. The van der Waals surface area contributed by atoms with E-state index in [1.54, 1.807) is 0 Å². The smallest absolute Gasteiger partial charge is 0.254 e. The van der Waals surface area contributed by atoms with E-state index in [9.17, 15) is 0 Å². The van der Waals surface area contributed by atoms with E-state index in [0.29, 0.717) is 11.4 Å². The maximum Gasteiger partial charge on any atom is 0.254 e. The van der Waals surface area contributed by atoms with Gasteiger partial charge in [-0.2, -0.15) is 5.10 Å². The molecule has 2 aromatic rings. The number of benzene rings is 1. The van der Waals surface area contributed by atoms with Crippen molar-refractivity contribution in [2.45, 2.75) is 6.92 Å². The molecule has 0 aliphatic carbocycles. The second-order valence-corrected chi connectivity index (χ2v) is 3.31. The van der Waals surface area contributed by atoms with Gasteiger partial charge in [-0.3, -0.25) is 5.10 Å². The molecule has 1 aromatic heterocycles. The molecule has 0 aliphatic heterocycles. The summed E-state index contributed by atoms with van der Waals surface area (Å²) >= 11 is 0. The van der Waals surface area contributed by atoms with E-state index in [4.69, 9.17) is 12.3 Å². The van der Waals surface area contributed by atoms with Gasteiger partial charge >= 0.3 is 0 Å². The normalized spacial score (nSPS) is 9.87. The van der Waals surface area contributed by atoms with Crippen molar-refractivity contribution in [3.8, 4) is 11.3 Å². The lowest BCUT2D eigenvalue weighted by atomic mass is 10.1. The van der Waals surface area contributed by atoms with E-state index in [0.717, 1.165) is 5.56 Å². The summed E-state index contributed by atoms with van der Waals surface area (Å²) in [6.45, 7) is 9.03. The first-order chi connectivity index (χ1) is 7.22. The molecule has 0 saturated carbocycles. The molecular weight excluding hydrogens is 188 g/mol. The van der Waals surface area contributed by atoms with Gasteiger partial charge in [0.1, 0.15) is 0 Å². The van der Waals surface area contributed by atoms with Crippen LogP contribution in [0, 0.1) is 13.5 Å². The molecule has 0 amide bonds. The van der Waals surface area contributed by atoms with Crippen molar-refractivity contribution < 1.29 is 0 Å². The highest BCUT2D eigenvalue weighted by Crippen LogP contribution is 2.32. The van der Waals surface area contributed by atoms with Crippen LogP contribution in [0.15, 0.2) is 24.3 Å². The Morgan fingerprint density at radius 1 is 1.33 bits per heavy atom. The quantitative estimate of drug-likeness (QED) is 0.691. The van der Waals surface area contributed by atoms with Gasteiger partial charge in [0.2, 0.25) is 0 Å². The van der Waals surface area contributed by atoms with Crippen molar-refractivity contribution in [3.05, 3.63) is 41.2 Å². The molecule has 0 aliphatic rings. The van der Waals surface area contributed by atoms with Gasteiger partial charge in [-0.25, -0.2) is 4.85 Å². The Kier molecular flexibility index (Phi) is 2.14. The SMILES string of the molecule is [C-]#[N+]c1c(N)n[nH]c1-c1ccc(C)cc1. The summed E-state index contributed by atoms with van der Waals surface area (Å²) < 4.78 is 0. The van der Waals surface area contributed by atoms with Crippen LogP contribution in [0.1, 0.15) is 5.56 Å². The Hall–Kier alpha value is -2.28. The molecule has 0 radical (unpaired) electrons. The van der Waals surface area contributed by atoms with Gasteiger partial charge in [0.15, 0.2) is 5.82 Å². The lowest BCUT2D eigenvalue weighted by molar-refractivity contribution is 1.10. The number of hydrogen-bond donors (Lipinski definition) is 2. The van der Waals surface area contributed by atoms with Gasteiger partial charge in [-0.05, 0) is 12.5 Å². The minimum Gasteiger partial charge on any atom is -0.391 e. The number of anilines is 1. The maximum absolute atomic E-state index is 7.02. The maximum atomic E-state index is 7.02. The second kappa shape index (κ2) is 3.46. The highest BCUT2D eigenvalue weighted by atomic mass is 15.2. The molecule has 1 aromatic carbocycles. The summed E-state index contributed by atoms with van der Waals surface area (Å²) in [6, 6.07) is 7.86. The Balaban J connectivity index is 2.55. The van der Waals surface area contributed by atoms with Crippen molar-refractivity contribution in [2.24, 2.45) is 0 Å². The van der Waals surface area contributed by atoms with Crippen molar-refractivity contribution in [1.82, 2.24) is 10.2 Å². The third kappa shape index (κ3) is 1.55. The molecule has 0 atom stereocenters. The number of aromatic nitrogens is 2. The van der Waals surface area contributed by atoms with E-state index < -0.39 is 0 Å². The molecule has 0 bridgehead atoms. The van der Waals surface area contributed by atoms with Crippen LogP contribution in [0.2, 0.25) is 0 Å². The van der Waals surface area contributed by atoms with Crippen molar-refractivity contribution in [3.63, 3.8) is 0 Å². The van der Waals surface area contributed by atoms with Crippen molar-refractivity contribution >= 4 is 11.5 Å². The summed E-state index contributed by atoms with van der Waals surface area (Å²) in [5, 5.41) is 6.60. The van der Waals surface area contributed by atoms with E-state index in [1.165, 1.54) is 5.56 Å². The van der Waals surface area contributed by atoms with Gasteiger partial charge in [-0.15, -0.1) is 0 Å². The lowest BCUT2D eigenvalue weighted by Crippen LogP contribution is -1.82. The first kappa shape index (κ1) is 9.28. The zero-order valence-corrected chi connectivity index (χ0v) is 8.28. The minimum absolute atomic E-state index is 0.251. The van der Waals surface area contributed by atoms with E-state index in [-0.39, 0.29) is 5.82 Å². The Morgan fingerprint density at radius 3 is 2.60 bits per heavy atom. The fourth-order valence-electron chi connectivity index (χ4n) is 1.38. The van der Waals surface area contributed by atoms with Crippen LogP contribution in [-0.2, 0) is 0 Å². The Bertz CT molecular complexity index is 517. The Morgan fingerprint density at radius 2 is 2.00 bits per heavy atom. The van der Waals surface area contributed by atoms with Crippen molar-refractivity contribution in [2.75, 3.05) is 5.73 Å². The molecule has 2 rings (SSSR count). The van der Waals surface area contributed by atoms with Crippen LogP contribution in [0.3, 0.4) is 0 Å². The summed E-state index contributed by atoms with van der Waals surface area (Å²) in [5.74, 6) is 0.251. The zero-order chi connectivity index (χ0) is 10.8. The number of nitrogens with two attached hydrogens (primary N) is 1. The van der Waals surface area contributed by atoms with Crippen LogP contribution in [0.4, 0.5) is 11.5 Å². The summed E-state index contributed by atoms with van der Waals surface area (Å²) in [6.07, 6.45) is 0. The van der Waals surface area contributed by atoms with Gasteiger partial charge in [-0.1, -0.05) is 29.8 Å². The molecule has 74 valence electrons. The second-order valence-electron chi connectivity index (χ2n) is 3.31. The monoisotopic (exact) mass is 198 g/mol. The molecule has 15 heavy (non-hydrogen) atoms. The third-order valence-corrected chi connectivity index (χ3v) is 2.22. The lowest BCUT2D eigenvalue weighted by Gasteiger charge is -1.99. The molecule has 4 heteroatoms. The van der Waals surface area contributed by atoms with Crippen LogP contribution in [0.25, 0.3) is 16.1 Å². The largest absolute Gasteiger partial charge is 0.391 e. The first-order valence-corrected chi connectivity index (χ1v) is 4.50. The number of H-pyrrole nitrogens is 1. The standard InChI is InChI=1S/C11H10N4/c1-7-3-5-8(6-4-7)9-10(13-2)11(12)15-14-9/h3-6H,1H3,(H3,12,14,15). The van der Waals surface area contributed by atoms with Crippen LogP contribution >= 0.6 is 0 Å². The van der Waals surface area contributed by atoms with Crippen LogP contribution in [-0.4, -0.2) is 10.2 Å². The molecule has 3 N–H and O–H groups in total. The van der Waals surface area contributed by atoms with E-state index >= 15 is 0 Å². The molecule has 1 heterocycles. The topological polar surface area (TPSA) is 59.1 Å². The molecule has 0 fully saturated rings. The number of nitrogens with zero attached hydrogens (tertiary/aromatic N) is 2. The highest BCUT2D eigenvalue weighted by Gasteiger charge is 2.11. The highest BCUT2D eigenvalue weighted by molar-refractivity contribution is 5.82. The number of nitrogens with one attached hydrogen (secondary N) is 1. The fraction of sp³-hybridized carbons (Fsp3) is 0.0909. The predicted octanol–water partition coefficient (Wildman–Crippen LogP) is 2.52. The van der Waals surface area contributed by atoms with Gasteiger partial charge < -0.3 is 5.73 Å². The van der Waals surface area contributed by atoms with Crippen molar-refractivity contribution in [1.29, 1.82) is 0 Å². The number of nitrogen functional groups attached to an aromatic ring is 1. The molecule has 0 unspecified atom stereocenters. The molecular formula is C11H10N4. The molecule has 0 spiro atoms.